The lowest BCUT2D eigenvalue weighted by Crippen LogP contribution is -2.24. The molecule has 0 bridgehead atoms. The van der Waals surface area contributed by atoms with Crippen LogP contribution in [0, 0.1) is 17.8 Å². The average molecular weight is 327 g/mol. The minimum absolute atomic E-state index is 0.0560. The number of hydrogen-bond donors (Lipinski definition) is 2. The molecule has 5 nitrogen and oxygen atoms in total. The van der Waals surface area contributed by atoms with Crippen molar-refractivity contribution in [2.24, 2.45) is 11.7 Å². The molecular weight excluding hydrogens is 312 g/mol. The molecule has 0 aromatic heterocycles. The van der Waals surface area contributed by atoms with Crippen molar-refractivity contribution in [3.8, 4) is 11.8 Å². The summed E-state index contributed by atoms with van der Waals surface area (Å²) in [5.74, 6) is 4.65. The molecule has 1 unspecified atom stereocenters. The molecule has 1 aliphatic heterocycles. The maximum atomic E-state index is 12.1. The summed E-state index contributed by atoms with van der Waals surface area (Å²) in [6, 6.07) is 4.94. The first-order valence-electron chi connectivity index (χ1n) is 6.41. The Morgan fingerprint density at radius 3 is 2.86 bits per heavy atom. The monoisotopic (exact) mass is 326 g/mol. The topological polar surface area (TPSA) is 89.3 Å². The number of hydrogen-bond acceptors (Lipinski definition) is 4. The van der Waals surface area contributed by atoms with Crippen molar-refractivity contribution in [1.82, 2.24) is 0 Å². The number of amides is 1. The predicted molar refractivity (Wildman–Crippen MR) is 82.8 cm³/mol. The van der Waals surface area contributed by atoms with Crippen molar-refractivity contribution in [3.05, 3.63) is 28.8 Å². The summed E-state index contributed by atoms with van der Waals surface area (Å²) in [6.07, 6.45) is 0.346. The third-order valence-electron chi connectivity index (χ3n) is 3.17. The largest absolute Gasteiger partial charge is 0.325 e. The number of anilines is 1. The molecule has 2 rings (SSSR count). The minimum Gasteiger partial charge on any atom is -0.325 e. The number of rotatable bonds is 2. The molecule has 112 valence electrons. The van der Waals surface area contributed by atoms with E-state index < -0.39 is 15.8 Å². The van der Waals surface area contributed by atoms with E-state index in [9.17, 15) is 13.2 Å². The van der Waals surface area contributed by atoms with Gasteiger partial charge in [0.05, 0.1) is 29.7 Å². The first-order valence-corrected chi connectivity index (χ1v) is 8.61. The Balaban J connectivity index is 2.19. The second-order valence-corrected chi connectivity index (χ2v) is 7.45. The molecule has 1 amide bonds. The number of halogens is 1. The predicted octanol–water partition coefficient (Wildman–Crippen LogP) is 1.02. The molecule has 1 aromatic rings. The van der Waals surface area contributed by atoms with Gasteiger partial charge in [0.15, 0.2) is 9.84 Å². The van der Waals surface area contributed by atoms with Gasteiger partial charge < -0.3 is 11.1 Å². The maximum Gasteiger partial charge on any atom is 0.228 e. The number of carbonyl (C=O) groups is 1. The van der Waals surface area contributed by atoms with E-state index in [0.717, 1.165) is 0 Å². The molecule has 0 aliphatic carbocycles. The first-order chi connectivity index (χ1) is 9.91. The summed E-state index contributed by atoms with van der Waals surface area (Å²) in [4.78, 5) is 12.1. The second kappa shape index (κ2) is 6.48. The second-order valence-electron chi connectivity index (χ2n) is 4.79. The van der Waals surface area contributed by atoms with Crippen LogP contribution in [0.5, 0.6) is 0 Å². The standard InChI is InChI=1S/C14H15ClN2O3S/c15-12-4-3-10(2-1-6-16)13(8-12)17-14(18)11-5-7-21(19,20)9-11/h3-4,8,11H,5-7,9,16H2,(H,17,18). The van der Waals surface area contributed by atoms with Crippen LogP contribution in [0.25, 0.3) is 0 Å². The average Bonchev–Trinajstić information content (AvgIpc) is 2.78. The van der Waals surface area contributed by atoms with Crippen LogP contribution in [0.1, 0.15) is 12.0 Å². The van der Waals surface area contributed by atoms with E-state index in [1.54, 1.807) is 18.2 Å². The third-order valence-corrected chi connectivity index (χ3v) is 5.17. The highest BCUT2D eigenvalue weighted by Gasteiger charge is 2.33. The van der Waals surface area contributed by atoms with Gasteiger partial charge in [-0.2, -0.15) is 0 Å². The van der Waals surface area contributed by atoms with E-state index in [2.05, 4.69) is 17.2 Å². The van der Waals surface area contributed by atoms with Crippen molar-refractivity contribution >= 4 is 33.0 Å². The zero-order valence-corrected chi connectivity index (χ0v) is 12.8. The number of benzene rings is 1. The van der Waals surface area contributed by atoms with Crippen molar-refractivity contribution in [2.75, 3.05) is 23.4 Å². The van der Waals surface area contributed by atoms with Crippen molar-refractivity contribution in [3.63, 3.8) is 0 Å². The molecule has 0 radical (unpaired) electrons. The maximum absolute atomic E-state index is 12.1. The van der Waals surface area contributed by atoms with Crippen LogP contribution in [0.3, 0.4) is 0 Å². The fourth-order valence-corrected chi connectivity index (χ4v) is 4.03. The van der Waals surface area contributed by atoms with Gasteiger partial charge in [-0.1, -0.05) is 23.4 Å². The van der Waals surface area contributed by atoms with Crippen LogP contribution < -0.4 is 11.1 Å². The number of nitrogens with two attached hydrogens (primary N) is 1. The van der Waals surface area contributed by atoms with Gasteiger partial charge in [0, 0.05) is 10.6 Å². The minimum atomic E-state index is -3.10. The van der Waals surface area contributed by atoms with Gasteiger partial charge in [0.1, 0.15) is 0 Å². The Hall–Kier alpha value is -1.55. The van der Waals surface area contributed by atoms with Gasteiger partial charge in [-0.15, -0.1) is 0 Å². The summed E-state index contributed by atoms with van der Waals surface area (Å²) in [6.45, 7) is 0.205. The van der Waals surface area contributed by atoms with E-state index in [1.165, 1.54) is 0 Å². The highest BCUT2D eigenvalue weighted by Crippen LogP contribution is 2.24. The Labute approximate surface area is 128 Å². The lowest BCUT2D eigenvalue weighted by Gasteiger charge is -2.11. The van der Waals surface area contributed by atoms with E-state index in [0.29, 0.717) is 22.7 Å². The summed E-state index contributed by atoms with van der Waals surface area (Å²) in [7, 11) is -3.10. The quantitative estimate of drug-likeness (QED) is 0.794. The molecule has 1 aliphatic rings. The van der Waals surface area contributed by atoms with Gasteiger partial charge >= 0.3 is 0 Å². The molecule has 3 N–H and O–H groups in total. The zero-order chi connectivity index (χ0) is 15.5. The number of carbonyl (C=O) groups excluding carboxylic acids is 1. The molecule has 1 heterocycles. The first kappa shape index (κ1) is 15.8. The summed E-state index contributed by atoms with van der Waals surface area (Å²) < 4.78 is 22.8. The fourth-order valence-electron chi connectivity index (χ4n) is 2.11. The van der Waals surface area contributed by atoms with E-state index in [1.807, 2.05) is 0 Å². The van der Waals surface area contributed by atoms with Crippen LogP contribution in [0.4, 0.5) is 5.69 Å². The smallest absolute Gasteiger partial charge is 0.228 e. The molecule has 21 heavy (non-hydrogen) atoms. The Morgan fingerprint density at radius 1 is 1.48 bits per heavy atom. The van der Waals surface area contributed by atoms with Crippen LogP contribution in [0.15, 0.2) is 18.2 Å². The number of sulfone groups is 1. The highest BCUT2D eigenvalue weighted by molar-refractivity contribution is 7.91. The Morgan fingerprint density at radius 2 is 2.24 bits per heavy atom. The lowest BCUT2D eigenvalue weighted by molar-refractivity contribution is -0.119. The normalized spacial score (nSPS) is 19.6. The van der Waals surface area contributed by atoms with Crippen LogP contribution in [-0.2, 0) is 14.6 Å². The molecule has 1 atom stereocenters. The molecule has 0 spiro atoms. The summed E-state index contributed by atoms with van der Waals surface area (Å²) >= 11 is 5.92. The van der Waals surface area contributed by atoms with E-state index in [4.69, 9.17) is 17.3 Å². The van der Waals surface area contributed by atoms with Crippen LogP contribution in [0.2, 0.25) is 5.02 Å². The van der Waals surface area contributed by atoms with Gasteiger partial charge in [0.25, 0.3) is 0 Å². The fraction of sp³-hybridized carbons (Fsp3) is 0.357. The van der Waals surface area contributed by atoms with E-state index >= 15 is 0 Å². The van der Waals surface area contributed by atoms with Crippen LogP contribution >= 0.6 is 11.6 Å². The molecular formula is C14H15ClN2O3S. The molecule has 1 fully saturated rings. The molecule has 1 aromatic carbocycles. The zero-order valence-electron chi connectivity index (χ0n) is 11.2. The molecule has 1 saturated heterocycles. The van der Waals surface area contributed by atoms with Crippen LogP contribution in [-0.4, -0.2) is 32.4 Å². The summed E-state index contributed by atoms with van der Waals surface area (Å²) in [5, 5.41) is 3.17. The van der Waals surface area contributed by atoms with Crippen molar-refractivity contribution in [2.45, 2.75) is 6.42 Å². The van der Waals surface area contributed by atoms with Gasteiger partial charge in [-0.25, -0.2) is 8.42 Å². The van der Waals surface area contributed by atoms with Gasteiger partial charge in [-0.3, -0.25) is 4.79 Å². The van der Waals surface area contributed by atoms with Crippen molar-refractivity contribution < 1.29 is 13.2 Å². The molecule has 7 heteroatoms. The highest BCUT2D eigenvalue weighted by atomic mass is 35.5. The summed E-state index contributed by atoms with van der Waals surface area (Å²) in [5.41, 5.74) is 6.40. The Kier molecular flexibility index (Phi) is 4.88. The SMILES string of the molecule is NCC#Cc1ccc(Cl)cc1NC(=O)C1CCS(=O)(=O)C1. The van der Waals surface area contributed by atoms with Gasteiger partial charge in [-0.05, 0) is 24.6 Å². The third kappa shape index (κ3) is 4.21. The Bertz CT molecular complexity index is 719. The number of nitrogens with one attached hydrogen (secondary N) is 1. The van der Waals surface area contributed by atoms with Crippen molar-refractivity contribution in [1.29, 1.82) is 0 Å². The molecule has 0 saturated carbocycles. The van der Waals surface area contributed by atoms with E-state index in [-0.39, 0.29) is 24.0 Å². The van der Waals surface area contributed by atoms with Gasteiger partial charge in [0.2, 0.25) is 5.91 Å². The lowest BCUT2D eigenvalue weighted by atomic mass is 10.1.